The number of nitrogens with zero attached hydrogens (tertiary/aromatic N) is 1. The van der Waals surface area contributed by atoms with Crippen LogP contribution in [0.3, 0.4) is 0 Å². The van der Waals surface area contributed by atoms with E-state index in [1.807, 2.05) is 0 Å². The predicted octanol–water partition coefficient (Wildman–Crippen LogP) is 1.58. The number of carboxylic acids is 1. The maximum Gasteiger partial charge on any atom is 0.308 e. The van der Waals surface area contributed by atoms with Crippen LogP contribution in [0.5, 0.6) is 0 Å². The van der Waals surface area contributed by atoms with E-state index in [9.17, 15) is 14.4 Å². The maximum absolute atomic E-state index is 12.5. The molecule has 7 heteroatoms. The molecule has 2 rings (SSSR count). The summed E-state index contributed by atoms with van der Waals surface area (Å²) in [5, 5.41) is 13.5. The lowest BCUT2D eigenvalue weighted by atomic mass is 10.1. The van der Waals surface area contributed by atoms with Gasteiger partial charge >= 0.3 is 5.97 Å². The number of nitrogens with one attached hydrogen (secondary N) is 1. The van der Waals surface area contributed by atoms with Gasteiger partial charge in [0.2, 0.25) is 5.91 Å². The molecule has 1 aliphatic rings. The third-order valence-electron chi connectivity index (χ3n) is 3.63. The number of rotatable bonds is 7. The molecule has 2 N–H and O–H groups in total. The second-order valence-corrected chi connectivity index (χ2v) is 6.58. The molecule has 1 aromatic heterocycles. The van der Waals surface area contributed by atoms with Crippen molar-refractivity contribution in [1.29, 1.82) is 0 Å². The summed E-state index contributed by atoms with van der Waals surface area (Å²) < 4.78 is 0. The van der Waals surface area contributed by atoms with E-state index in [1.165, 1.54) is 11.3 Å². The van der Waals surface area contributed by atoms with Crippen LogP contribution < -0.4 is 5.32 Å². The zero-order valence-corrected chi connectivity index (χ0v) is 13.4. The van der Waals surface area contributed by atoms with Gasteiger partial charge in [-0.3, -0.25) is 14.4 Å². The number of hydrogen-bond acceptors (Lipinski definition) is 4. The third kappa shape index (κ3) is 4.07. The van der Waals surface area contributed by atoms with Gasteiger partial charge in [-0.25, -0.2) is 0 Å². The summed E-state index contributed by atoms with van der Waals surface area (Å²) in [5.41, 5.74) is 0. The molecular weight excluding hydrogens is 304 g/mol. The first-order chi connectivity index (χ1) is 10.4. The molecule has 1 saturated carbocycles. The molecule has 0 aliphatic heterocycles. The molecule has 1 heterocycles. The number of amides is 2. The first kappa shape index (κ1) is 16.5. The summed E-state index contributed by atoms with van der Waals surface area (Å²) in [6, 6.07) is 2.91. The molecule has 0 aromatic carbocycles. The Hall–Kier alpha value is -1.89. The Labute approximate surface area is 133 Å². The van der Waals surface area contributed by atoms with Crippen molar-refractivity contribution in [3.05, 3.63) is 22.4 Å². The van der Waals surface area contributed by atoms with Crippen molar-refractivity contribution in [3.63, 3.8) is 0 Å². The van der Waals surface area contributed by atoms with E-state index in [4.69, 9.17) is 5.11 Å². The zero-order chi connectivity index (χ0) is 16.3. The minimum atomic E-state index is -0.922. The Bertz CT molecular complexity index is 554. The summed E-state index contributed by atoms with van der Waals surface area (Å²) in [6.07, 6.45) is 1.79. The van der Waals surface area contributed by atoms with Crippen LogP contribution in [0, 0.1) is 5.92 Å². The lowest BCUT2D eigenvalue weighted by Gasteiger charge is -2.27. The normalized spacial score (nSPS) is 16.6. The van der Waals surface area contributed by atoms with E-state index in [0.717, 1.165) is 12.8 Å². The number of carbonyl (C=O) groups excluding carboxylic acids is 2. The molecule has 2 atom stereocenters. The van der Waals surface area contributed by atoms with Gasteiger partial charge in [-0.1, -0.05) is 13.0 Å². The number of hydrogen-bond donors (Lipinski definition) is 2. The average Bonchev–Trinajstić information content (AvgIpc) is 3.16. The quantitative estimate of drug-likeness (QED) is 0.797. The standard InChI is InChI=1S/C15H20N2O4S/c1-9(15(20)21)8-17(11-5-6-11)14(19)10(2)16-13(18)12-4-3-7-22-12/h3-4,7,9-11H,5-6,8H2,1-2H3,(H,16,18)(H,20,21). The van der Waals surface area contributed by atoms with Crippen molar-refractivity contribution in [2.45, 2.75) is 38.8 Å². The van der Waals surface area contributed by atoms with Crippen LogP contribution in [-0.4, -0.2) is 46.4 Å². The summed E-state index contributed by atoms with van der Waals surface area (Å²) in [4.78, 5) is 37.6. The molecule has 0 bridgehead atoms. The Balaban J connectivity index is 1.97. The van der Waals surface area contributed by atoms with Gasteiger partial charge in [0, 0.05) is 12.6 Å². The molecule has 1 fully saturated rings. The number of aliphatic carboxylic acids is 1. The van der Waals surface area contributed by atoms with E-state index in [0.29, 0.717) is 4.88 Å². The molecule has 120 valence electrons. The van der Waals surface area contributed by atoms with Crippen LogP contribution in [0.1, 0.15) is 36.4 Å². The highest BCUT2D eigenvalue weighted by Gasteiger charge is 2.36. The Morgan fingerprint density at radius 3 is 2.59 bits per heavy atom. The van der Waals surface area contributed by atoms with Gasteiger partial charge in [-0.15, -0.1) is 11.3 Å². The highest BCUT2D eigenvalue weighted by Crippen LogP contribution is 2.28. The summed E-state index contributed by atoms with van der Waals surface area (Å²) in [7, 11) is 0. The van der Waals surface area contributed by atoms with Gasteiger partial charge in [0.15, 0.2) is 0 Å². The second-order valence-electron chi connectivity index (χ2n) is 5.63. The summed E-state index contributed by atoms with van der Waals surface area (Å²) in [6.45, 7) is 3.40. The monoisotopic (exact) mass is 324 g/mol. The van der Waals surface area contributed by atoms with Crippen LogP contribution in [0.15, 0.2) is 17.5 Å². The minimum Gasteiger partial charge on any atom is -0.481 e. The molecule has 6 nitrogen and oxygen atoms in total. The SMILES string of the molecule is CC(CN(C(=O)C(C)NC(=O)c1cccs1)C1CC1)C(=O)O. The number of thiophene rings is 1. The molecule has 0 radical (unpaired) electrons. The number of carboxylic acid groups (broad SMARTS) is 1. The van der Waals surface area contributed by atoms with Gasteiger partial charge in [0.25, 0.3) is 5.91 Å². The first-order valence-corrected chi connectivity index (χ1v) is 8.15. The fourth-order valence-corrected chi connectivity index (χ4v) is 2.79. The maximum atomic E-state index is 12.5. The van der Waals surface area contributed by atoms with Crippen LogP contribution in [0.2, 0.25) is 0 Å². The van der Waals surface area contributed by atoms with Crippen LogP contribution in [0.4, 0.5) is 0 Å². The fourth-order valence-electron chi connectivity index (χ4n) is 2.16. The number of carbonyl (C=O) groups is 3. The largest absolute Gasteiger partial charge is 0.481 e. The smallest absolute Gasteiger partial charge is 0.308 e. The Morgan fingerprint density at radius 2 is 2.09 bits per heavy atom. The lowest BCUT2D eigenvalue weighted by molar-refractivity contribution is -0.143. The van der Waals surface area contributed by atoms with Crippen molar-refractivity contribution in [2.24, 2.45) is 5.92 Å². The molecule has 22 heavy (non-hydrogen) atoms. The van der Waals surface area contributed by atoms with Crippen LogP contribution in [-0.2, 0) is 9.59 Å². The lowest BCUT2D eigenvalue weighted by Crippen LogP contribution is -2.49. The third-order valence-corrected chi connectivity index (χ3v) is 4.49. The van der Waals surface area contributed by atoms with Crippen LogP contribution >= 0.6 is 11.3 Å². The van der Waals surface area contributed by atoms with E-state index in [2.05, 4.69) is 5.32 Å². The Kier molecular flexibility index (Phi) is 5.18. The van der Waals surface area contributed by atoms with Gasteiger partial charge < -0.3 is 15.3 Å². The van der Waals surface area contributed by atoms with Crippen molar-refractivity contribution in [2.75, 3.05) is 6.54 Å². The highest BCUT2D eigenvalue weighted by atomic mass is 32.1. The van der Waals surface area contributed by atoms with E-state index < -0.39 is 17.9 Å². The van der Waals surface area contributed by atoms with Gasteiger partial charge in [0.1, 0.15) is 6.04 Å². The topological polar surface area (TPSA) is 86.7 Å². The van der Waals surface area contributed by atoms with E-state index in [-0.39, 0.29) is 24.4 Å². The first-order valence-electron chi connectivity index (χ1n) is 7.27. The second kappa shape index (κ2) is 6.91. The van der Waals surface area contributed by atoms with Crippen molar-refractivity contribution >= 4 is 29.1 Å². The summed E-state index contributed by atoms with van der Waals surface area (Å²) in [5.74, 6) is -2.04. The summed E-state index contributed by atoms with van der Waals surface area (Å²) >= 11 is 1.31. The molecule has 2 unspecified atom stereocenters. The van der Waals surface area contributed by atoms with Crippen molar-refractivity contribution in [3.8, 4) is 0 Å². The zero-order valence-electron chi connectivity index (χ0n) is 12.6. The van der Waals surface area contributed by atoms with Crippen molar-refractivity contribution in [1.82, 2.24) is 10.2 Å². The van der Waals surface area contributed by atoms with Crippen LogP contribution in [0.25, 0.3) is 0 Å². The fraction of sp³-hybridized carbons (Fsp3) is 0.533. The Morgan fingerprint density at radius 1 is 1.41 bits per heavy atom. The highest BCUT2D eigenvalue weighted by molar-refractivity contribution is 7.12. The van der Waals surface area contributed by atoms with E-state index >= 15 is 0 Å². The molecular formula is C15H20N2O4S. The van der Waals surface area contributed by atoms with Gasteiger partial charge in [-0.2, -0.15) is 0 Å². The molecule has 1 aromatic rings. The minimum absolute atomic E-state index is 0.107. The van der Waals surface area contributed by atoms with Crippen molar-refractivity contribution < 1.29 is 19.5 Å². The van der Waals surface area contributed by atoms with Gasteiger partial charge in [0.05, 0.1) is 10.8 Å². The molecule has 0 saturated heterocycles. The predicted molar refractivity (Wildman–Crippen MR) is 82.8 cm³/mol. The average molecular weight is 324 g/mol. The van der Waals surface area contributed by atoms with Gasteiger partial charge in [-0.05, 0) is 31.2 Å². The molecule has 2 amide bonds. The molecule has 0 spiro atoms. The molecule has 1 aliphatic carbocycles. The van der Waals surface area contributed by atoms with E-state index in [1.54, 1.807) is 36.3 Å².